The predicted molar refractivity (Wildman–Crippen MR) is 107 cm³/mol. The van der Waals surface area contributed by atoms with Crippen LogP contribution in [0, 0.1) is 6.92 Å². The summed E-state index contributed by atoms with van der Waals surface area (Å²) in [5.74, 6) is 2.14. The van der Waals surface area contributed by atoms with Gasteiger partial charge in [-0.15, -0.1) is 0 Å². The van der Waals surface area contributed by atoms with Gasteiger partial charge in [0.1, 0.15) is 11.6 Å². The number of rotatable bonds is 3. The van der Waals surface area contributed by atoms with Crippen LogP contribution in [0.5, 0.6) is 0 Å². The van der Waals surface area contributed by atoms with Crippen molar-refractivity contribution in [3.8, 4) is 0 Å². The maximum Gasteiger partial charge on any atom is 0.223 e. The topological polar surface area (TPSA) is 83.6 Å². The van der Waals surface area contributed by atoms with E-state index in [1.54, 1.807) is 0 Å². The maximum atomic E-state index is 6.03. The lowest BCUT2D eigenvalue weighted by Crippen LogP contribution is -2.37. The van der Waals surface area contributed by atoms with E-state index >= 15 is 0 Å². The van der Waals surface area contributed by atoms with Crippen LogP contribution in [-0.4, -0.2) is 67.4 Å². The Morgan fingerprint density at radius 1 is 0.926 bits per heavy atom. The van der Waals surface area contributed by atoms with Crippen LogP contribution in [0.25, 0.3) is 0 Å². The lowest BCUT2D eigenvalue weighted by molar-refractivity contribution is 0.122. The zero-order valence-electron chi connectivity index (χ0n) is 15.8. The minimum Gasteiger partial charge on any atom is -0.378 e. The molecule has 0 aromatic carbocycles. The van der Waals surface area contributed by atoms with Gasteiger partial charge in [-0.25, -0.2) is 0 Å². The molecule has 2 aromatic rings. The van der Waals surface area contributed by atoms with Crippen molar-refractivity contribution in [2.75, 3.05) is 72.9 Å². The van der Waals surface area contributed by atoms with E-state index in [4.69, 9.17) is 10.5 Å². The number of nitrogens with zero attached hydrogens (tertiary/aromatic N) is 6. The maximum absolute atomic E-state index is 6.03. The van der Waals surface area contributed by atoms with Crippen LogP contribution < -0.4 is 20.4 Å². The molecule has 2 aliphatic heterocycles. The average molecular weight is 369 g/mol. The van der Waals surface area contributed by atoms with E-state index in [-0.39, 0.29) is 0 Å². The molecule has 27 heavy (non-hydrogen) atoms. The lowest BCUT2D eigenvalue weighted by Gasteiger charge is -2.29. The summed E-state index contributed by atoms with van der Waals surface area (Å²) in [5.41, 5.74) is 8.51. The van der Waals surface area contributed by atoms with Gasteiger partial charge in [-0.2, -0.15) is 9.97 Å². The van der Waals surface area contributed by atoms with Gasteiger partial charge in [0.15, 0.2) is 0 Å². The Kier molecular flexibility index (Phi) is 5.24. The molecular formula is C19H27N7O. The van der Waals surface area contributed by atoms with Crippen molar-refractivity contribution in [2.24, 2.45) is 0 Å². The first-order chi connectivity index (χ1) is 13.2. The van der Waals surface area contributed by atoms with Gasteiger partial charge >= 0.3 is 0 Å². The number of hydrogen-bond donors (Lipinski definition) is 1. The van der Waals surface area contributed by atoms with E-state index in [0.717, 1.165) is 70.5 Å². The molecule has 0 unspecified atom stereocenters. The van der Waals surface area contributed by atoms with Crippen LogP contribution in [0.2, 0.25) is 0 Å². The van der Waals surface area contributed by atoms with E-state index in [1.165, 1.54) is 11.3 Å². The third kappa shape index (κ3) is 4.05. The molecule has 2 N–H and O–H groups in total. The summed E-state index contributed by atoms with van der Waals surface area (Å²) in [6.45, 7) is 9.08. The molecule has 0 aliphatic carbocycles. The number of aryl methyl sites for hydroxylation is 1. The third-order valence-electron chi connectivity index (χ3n) is 5.20. The molecule has 4 heterocycles. The number of nitrogens with two attached hydrogens (primary N) is 1. The molecule has 0 radical (unpaired) electrons. The highest BCUT2D eigenvalue weighted by molar-refractivity contribution is 5.56. The smallest absolute Gasteiger partial charge is 0.223 e. The third-order valence-corrected chi connectivity index (χ3v) is 5.20. The number of aromatic nitrogens is 3. The Morgan fingerprint density at radius 2 is 1.59 bits per heavy atom. The van der Waals surface area contributed by atoms with Crippen molar-refractivity contribution >= 4 is 23.3 Å². The number of morpholine rings is 1. The van der Waals surface area contributed by atoms with Gasteiger partial charge in [0.2, 0.25) is 5.95 Å². The molecule has 0 amide bonds. The first-order valence-corrected chi connectivity index (χ1v) is 9.58. The fraction of sp³-hybridized carbons (Fsp3) is 0.526. The fourth-order valence-electron chi connectivity index (χ4n) is 3.76. The zero-order chi connectivity index (χ0) is 18.6. The number of anilines is 4. The minimum absolute atomic E-state index is 0.333. The molecule has 2 saturated heterocycles. The van der Waals surface area contributed by atoms with Crippen LogP contribution in [0.15, 0.2) is 24.5 Å². The van der Waals surface area contributed by atoms with Crippen molar-refractivity contribution in [1.82, 2.24) is 15.0 Å². The normalized spacial score (nSPS) is 18.5. The molecule has 2 aromatic heterocycles. The van der Waals surface area contributed by atoms with Gasteiger partial charge in [-0.05, 0) is 25.0 Å². The Hall–Kier alpha value is -2.61. The Balaban J connectivity index is 1.50. The van der Waals surface area contributed by atoms with Gasteiger partial charge in [0.05, 0.1) is 13.2 Å². The lowest BCUT2D eigenvalue weighted by atomic mass is 10.2. The SMILES string of the molecule is Cc1cnccc1N1CCCN(c2cc(N3CCOCC3)nc(N)n2)CC1. The first kappa shape index (κ1) is 17.8. The molecular weight excluding hydrogens is 342 g/mol. The van der Waals surface area contributed by atoms with E-state index in [2.05, 4.69) is 48.7 Å². The van der Waals surface area contributed by atoms with Gasteiger partial charge in [0.25, 0.3) is 0 Å². The van der Waals surface area contributed by atoms with E-state index in [9.17, 15) is 0 Å². The Labute approximate surface area is 160 Å². The molecule has 0 atom stereocenters. The summed E-state index contributed by atoms with van der Waals surface area (Å²) in [6, 6.07) is 4.17. The molecule has 8 nitrogen and oxygen atoms in total. The highest BCUT2D eigenvalue weighted by Gasteiger charge is 2.20. The molecule has 2 fully saturated rings. The molecule has 0 bridgehead atoms. The summed E-state index contributed by atoms with van der Waals surface area (Å²) in [4.78, 5) is 20.1. The summed E-state index contributed by atoms with van der Waals surface area (Å²) in [6.07, 6.45) is 4.86. The number of ether oxygens (including phenoxy) is 1. The summed E-state index contributed by atoms with van der Waals surface area (Å²) < 4.78 is 5.44. The molecule has 4 rings (SSSR count). The van der Waals surface area contributed by atoms with Crippen molar-refractivity contribution in [3.63, 3.8) is 0 Å². The summed E-state index contributed by atoms with van der Waals surface area (Å²) >= 11 is 0. The van der Waals surface area contributed by atoms with Crippen molar-refractivity contribution in [2.45, 2.75) is 13.3 Å². The molecule has 0 saturated carbocycles. The van der Waals surface area contributed by atoms with E-state index in [0.29, 0.717) is 5.95 Å². The molecule has 2 aliphatic rings. The van der Waals surface area contributed by atoms with E-state index < -0.39 is 0 Å². The molecule has 0 spiro atoms. The van der Waals surface area contributed by atoms with Crippen molar-refractivity contribution in [3.05, 3.63) is 30.1 Å². The highest BCUT2D eigenvalue weighted by atomic mass is 16.5. The second-order valence-corrected chi connectivity index (χ2v) is 7.03. The first-order valence-electron chi connectivity index (χ1n) is 9.58. The van der Waals surface area contributed by atoms with Gasteiger partial charge < -0.3 is 25.2 Å². The second kappa shape index (κ2) is 7.96. The van der Waals surface area contributed by atoms with Gasteiger partial charge in [-0.1, -0.05) is 0 Å². The monoisotopic (exact) mass is 369 g/mol. The fourth-order valence-corrected chi connectivity index (χ4v) is 3.76. The van der Waals surface area contributed by atoms with Crippen LogP contribution in [-0.2, 0) is 4.74 Å². The highest BCUT2D eigenvalue weighted by Crippen LogP contribution is 2.24. The molecule has 8 heteroatoms. The summed E-state index contributed by atoms with van der Waals surface area (Å²) in [5, 5.41) is 0. The van der Waals surface area contributed by atoms with Crippen molar-refractivity contribution in [1.29, 1.82) is 0 Å². The Morgan fingerprint density at radius 3 is 2.33 bits per heavy atom. The van der Waals surface area contributed by atoms with Crippen LogP contribution >= 0.6 is 0 Å². The van der Waals surface area contributed by atoms with Crippen LogP contribution in [0.1, 0.15) is 12.0 Å². The minimum atomic E-state index is 0.333. The van der Waals surface area contributed by atoms with Crippen LogP contribution in [0.4, 0.5) is 23.3 Å². The number of pyridine rings is 1. The Bertz CT molecular complexity index is 778. The standard InChI is InChI=1S/C19H27N7O/c1-15-14-21-4-3-16(15)24-5-2-6-25(8-7-24)17-13-18(23-19(20)22-17)26-9-11-27-12-10-26/h3-4,13-14H,2,5-12H2,1H3,(H2,20,22,23). The number of hydrogen-bond acceptors (Lipinski definition) is 8. The van der Waals surface area contributed by atoms with Gasteiger partial charge in [0, 0.05) is 63.4 Å². The van der Waals surface area contributed by atoms with Gasteiger partial charge in [-0.3, -0.25) is 4.98 Å². The summed E-state index contributed by atoms with van der Waals surface area (Å²) in [7, 11) is 0. The quantitative estimate of drug-likeness (QED) is 0.867. The van der Waals surface area contributed by atoms with Crippen molar-refractivity contribution < 1.29 is 4.74 Å². The molecule has 144 valence electrons. The predicted octanol–water partition coefficient (Wildman–Crippen LogP) is 1.32. The second-order valence-electron chi connectivity index (χ2n) is 7.03. The average Bonchev–Trinajstić information content (AvgIpc) is 2.95. The largest absolute Gasteiger partial charge is 0.378 e. The van der Waals surface area contributed by atoms with Crippen LogP contribution in [0.3, 0.4) is 0 Å². The number of nitrogen functional groups attached to an aromatic ring is 1. The van der Waals surface area contributed by atoms with E-state index in [1.807, 2.05) is 12.4 Å². The zero-order valence-corrected chi connectivity index (χ0v) is 15.8.